The highest BCUT2D eigenvalue weighted by Gasteiger charge is 2.07. The summed E-state index contributed by atoms with van der Waals surface area (Å²) in [6.07, 6.45) is 40.0. The molecule has 46 heavy (non-hydrogen) atoms. The average Bonchev–Trinajstić information content (AvgIpc) is 3.07. The Morgan fingerprint density at radius 2 is 0.717 bits per heavy atom. The smallest absolute Gasteiger partial charge is 0.305 e. The van der Waals surface area contributed by atoms with E-state index in [4.69, 9.17) is 14.9 Å². The first kappa shape index (κ1) is 47.0. The first-order valence-corrected chi connectivity index (χ1v) is 20.0. The molecule has 2 N–H and O–H groups in total. The number of hydrogen-bond acceptors (Lipinski definition) is 6. The minimum atomic E-state index is -0.954. The molecule has 0 bridgehead atoms. The second-order valence-electron chi connectivity index (χ2n) is 13.5. The third-order valence-corrected chi connectivity index (χ3v) is 8.84. The molecule has 0 saturated heterocycles. The van der Waals surface area contributed by atoms with Gasteiger partial charge < -0.3 is 19.7 Å². The van der Waals surface area contributed by atoms with E-state index in [1.54, 1.807) is 0 Å². The normalized spacial score (nSPS) is 11.6. The van der Waals surface area contributed by atoms with Crippen LogP contribution in [0.1, 0.15) is 219 Å². The van der Waals surface area contributed by atoms with Crippen molar-refractivity contribution in [3.8, 4) is 0 Å². The van der Waals surface area contributed by atoms with E-state index in [-0.39, 0.29) is 25.2 Å². The molecule has 0 amide bonds. The van der Waals surface area contributed by atoms with Crippen LogP contribution in [0.4, 0.5) is 0 Å². The fourth-order valence-corrected chi connectivity index (χ4v) is 5.70. The Morgan fingerprint density at radius 1 is 0.457 bits per heavy atom. The van der Waals surface area contributed by atoms with Crippen molar-refractivity contribution in [1.29, 1.82) is 0 Å². The molecule has 0 fully saturated rings. The molecule has 276 valence electrons. The Labute approximate surface area is 286 Å². The number of carbonyl (C=O) groups excluding carboxylic acids is 2. The zero-order chi connectivity index (χ0) is 34.2. The van der Waals surface area contributed by atoms with Crippen molar-refractivity contribution in [3.63, 3.8) is 0 Å². The highest BCUT2D eigenvalue weighted by Crippen LogP contribution is 2.15. The van der Waals surface area contributed by atoms with Gasteiger partial charge in [-0.2, -0.15) is 0 Å². The molecule has 0 aromatic rings. The SMILES string of the molecule is CCCCCCCCCCCCCCCCCC(=O)OC.CCCCCCCCCCCCCCCCCC(=O)OCC(O)CO. The summed E-state index contributed by atoms with van der Waals surface area (Å²) in [6, 6.07) is 0. The van der Waals surface area contributed by atoms with E-state index < -0.39 is 6.10 Å². The Bertz CT molecular complexity index is 596. The number of aliphatic hydroxyl groups excluding tert-OH is 2. The minimum Gasteiger partial charge on any atom is -0.469 e. The molecule has 0 spiro atoms. The van der Waals surface area contributed by atoms with Crippen LogP contribution in [0.25, 0.3) is 0 Å². The summed E-state index contributed by atoms with van der Waals surface area (Å²) in [5, 5.41) is 17.7. The molecular weight excluding hydrogens is 576 g/mol. The van der Waals surface area contributed by atoms with E-state index in [1.807, 2.05) is 0 Å². The summed E-state index contributed by atoms with van der Waals surface area (Å²) >= 11 is 0. The second-order valence-corrected chi connectivity index (χ2v) is 13.5. The maximum Gasteiger partial charge on any atom is 0.305 e. The summed E-state index contributed by atoms with van der Waals surface area (Å²) in [6.45, 7) is 4.07. The quantitative estimate of drug-likeness (QED) is 0.0521. The maximum absolute atomic E-state index is 11.4. The van der Waals surface area contributed by atoms with Gasteiger partial charge in [0.25, 0.3) is 0 Å². The summed E-state index contributed by atoms with van der Waals surface area (Å²) < 4.78 is 9.50. The number of aliphatic hydroxyl groups is 2. The van der Waals surface area contributed by atoms with E-state index in [1.165, 1.54) is 180 Å². The molecule has 0 rings (SSSR count). The summed E-state index contributed by atoms with van der Waals surface area (Å²) in [4.78, 5) is 22.3. The van der Waals surface area contributed by atoms with Gasteiger partial charge in [-0.1, -0.05) is 194 Å². The highest BCUT2D eigenvalue weighted by molar-refractivity contribution is 5.69. The van der Waals surface area contributed by atoms with Crippen molar-refractivity contribution in [2.75, 3.05) is 20.3 Å². The Morgan fingerprint density at radius 3 is 0.978 bits per heavy atom. The minimum absolute atomic E-state index is 0.0651. The molecular formula is C40H80O6. The Kier molecular flexibility index (Phi) is 42.8. The number of unbranched alkanes of at least 4 members (excludes halogenated alkanes) is 28. The first-order chi connectivity index (χ1) is 22.5. The zero-order valence-corrected chi connectivity index (χ0v) is 31.1. The molecule has 0 aliphatic heterocycles. The van der Waals surface area contributed by atoms with Gasteiger partial charge in [-0.3, -0.25) is 9.59 Å². The van der Waals surface area contributed by atoms with E-state index >= 15 is 0 Å². The van der Waals surface area contributed by atoms with Gasteiger partial charge in [-0.05, 0) is 12.8 Å². The van der Waals surface area contributed by atoms with Crippen LogP contribution >= 0.6 is 0 Å². The number of esters is 2. The van der Waals surface area contributed by atoms with Crippen molar-refractivity contribution < 1.29 is 29.3 Å². The average molecular weight is 657 g/mol. The van der Waals surface area contributed by atoms with Crippen molar-refractivity contribution in [2.45, 2.75) is 225 Å². The number of hydrogen-bond donors (Lipinski definition) is 2. The summed E-state index contributed by atoms with van der Waals surface area (Å²) in [7, 11) is 1.47. The van der Waals surface area contributed by atoms with Gasteiger partial charge in [0.15, 0.2) is 0 Å². The number of carbonyl (C=O) groups is 2. The standard InChI is InChI=1S/C21H42O4.C19H38O2/c1-2-3-4-5-6-7-8-9-10-11-12-13-14-15-16-17-21(24)25-19-20(23)18-22;1-3-4-5-6-7-8-9-10-11-12-13-14-15-16-17-18-19(20)21-2/h20,22-23H,2-19H2,1H3;3-18H2,1-2H3. The van der Waals surface area contributed by atoms with Gasteiger partial charge in [-0.15, -0.1) is 0 Å². The van der Waals surface area contributed by atoms with Crippen LogP contribution in [0.2, 0.25) is 0 Å². The Balaban J connectivity index is 0. The van der Waals surface area contributed by atoms with Crippen LogP contribution in [-0.2, 0) is 19.1 Å². The molecule has 0 aliphatic rings. The lowest BCUT2D eigenvalue weighted by Gasteiger charge is -2.08. The van der Waals surface area contributed by atoms with Crippen LogP contribution < -0.4 is 0 Å². The van der Waals surface area contributed by atoms with E-state index in [0.717, 1.165) is 19.3 Å². The number of methoxy groups -OCH3 is 1. The maximum atomic E-state index is 11.4. The molecule has 0 heterocycles. The zero-order valence-electron chi connectivity index (χ0n) is 31.1. The van der Waals surface area contributed by atoms with Crippen molar-refractivity contribution in [2.24, 2.45) is 0 Å². The fourth-order valence-electron chi connectivity index (χ4n) is 5.70. The topological polar surface area (TPSA) is 93.1 Å². The fraction of sp³-hybridized carbons (Fsp3) is 0.950. The van der Waals surface area contributed by atoms with Gasteiger partial charge in [-0.25, -0.2) is 0 Å². The summed E-state index contributed by atoms with van der Waals surface area (Å²) in [5.74, 6) is -0.341. The molecule has 0 aliphatic carbocycles. The molecule has 1 atom stereocenters. The third-order valence-electron chi connectivity index (χ3n) is 8.84. The van der Waals surface area contributed by atoms with Gasteiger partial charge in [0.05, 0.1) is 13.7 Å². The second kappa shape index (κ2) is 41.9. The largest absolute Gasteiger partial charge is 0.469 e. The molecule has 6 nitrogen and oxygen atoms in total. The number of rotatable bonds is 35. The van der Waals surface area contributed by atoms with Gasteiger partial charge in [0.1, 0.15) is 12.7 Å². The number of ether oxygens (including phenoxy) is 2. The highest BCUT2D eigenvalue weighted by atomic mass is 16.5. The van der Waals surface area contributed by atoms with Crippen LogP contribution in [-0.4, -0.2) is 48.6 Å². The lowest BCUT2D eigenvalue weighted by molar-refractivity contribution is -0.147. The predicted molar refractivity (Wildman–Crippen MR) is 195 cm³/mol. The van der Waals surface area contributed by atoms with Crippen LogP contribution in [0.3, 0.4) is 0 Å². The van der Waals surface area contributed by atoms with Crippen LogP contribution in [0.15, 0.2) is 0 Å². The third kappa shape index (κ3) is 42.9. The van der Waals surface area contributed by atoms with Crippen molar-refractivity contribution in [1.82, 2.24) is 0 Å². The van der Waals surface area contributed by atoms with E-state index in [9.17, 15) is 9.59 Å². The first-order valence-electron chi connectivity index (χ1n) is 20.0. The molecule has 0 aromatic carbocycles. The lowest BCUT2D eigenvalue weighted by Crippen LogP contribution is -2.21. The molecule has 0 aromatic heterocycles. The van der Waals surface area contributed by atoms with Crippen molar-refractivity contribution in [3.05, 3.63) is 0 Å². The van der Waals surface area contributed by atoms with E-state index in [0.29, 0.717) is 12.8 Å². The van der Waals surface area contributed by atoms with Crippen molar-refractivity contribution >= 4 is 11.9 Å². The lowest BCUT2D eigenvalue weighted by atomic mass is 10.0. The Hall–Kier alpha value is -1.14. The molecule has 0 saturated carbocycles. The van der Waals surface area contributed by atoms with E-state index in [2.05, 4.69) is 18.6 Å². The van der Waals surface area contributed by atoms with Gasteiger partial charge in [0, 0.05) is 12.8 Å². The summed E-state index contributed by atoms with van der Waals surface area (Å²) in [5.41, 5.74) is 0. The molecule has 6 heteroatoms. The van der Waals surface area contributed by atoms with Crippen LogP contribution in [0, 0.1) is 0 Å². The molecule has 1 unspecified atom stereocenters. The monoisotopic (exact) mass is 657 g/mol. The van der Waals surface area contributed by atoms with Crippen LogP contribution in [0.5, 0.6) is 0 Å². The molecule has 0 radical (unpaired) electrons. The predicted octanol–water partition coefficient (Wildman–Crippen LogP) is 11.6. The van der Waals surface area contributed by atoms with Gasteiger partial charge in [0.2, 0.25) is 0 Å². The van der Waals surface area contributed by atoms with Gasteiger partial charge >= 0.3 is 11.9 Å².